The van der Waals surface area contributed by atoms with E-state index in [1.165, 1.54) is 12.1 Å². The first-order valence-electron chi connectivity index (χ1n) is 6.59. The molecular weight excluding hydrogens is 250 g/mol. The van der Waals surface area contributed by atoms with Gasteiger partial charge < -0.3 is 10.2 Å². The van der Waals surface area contributed by atoms with E-state index in [1.54, 1.807) is 0 Å². The molecule has 1 aromatic rings. The van der Waals surface area contributed by atoms with Crippen LogP contribution in [0.2, 0.25) is 0 Å². The van der Waals surface area contributed by atoms with Crippen molar-refractivity contribution < 1.29 is 13.6 Å². The molecule has 19 heavy (non-hydrogen) atoms. The average molecular weight is 268 g/mol. The number of halogens is 2. The third kappa shape index (κ3) is 3.29. The zero-order valence-corrected chi connectivity index (χ0v) is 11.0. The van der Waals surface area contributed by atoms with Crippen molar-refractivity contribution in [2.24, 2.45) is 0 Å². The van der Waals surface area contributed by atoms with Gasteiger partial charge in [-0.1, -0.05) is 13.0 Å². The number of likely N-dealkylation sites (tertiary alicyclic amines) is 1. The quantitative estimate of drug-likeness (QED) is 0.911. The van der Waals surface area contributed by atoms with E-state index >= 15 is 0 Å². The third-order valence-electron chi connectivity index (χ3n) is 3.57. The van der Waals surface area contributed by atoms with Crippen LogP contribution in [0.4, 0.5) is 8.78 Å². The number of hydrogen-bond acceptors (Lipinski definition) is 2. The van der Waals surface area contributed by atoms with Crippen molar-refractivity contribution in [1.82, 2.24) is 10.2 Å². The summed E-state index contributed by atoms with van der Waals surface area (Å²) in [6.45, 7) is 4.94. The van der Waals surface area contributed by atoms with Gasteiger partial charge in [0, 0.05) is 19.1 Å². The van der Waals surface area contributed by atoms with Gasteiger partial charge in [-0.05, 0) is 31.5 Å². The highest BCUT2D eigenvalue weighted by molar-refractivity contribution is 5.94. The molecule has 5 heteroatoms. The van der Waals surface area contributed by atoms with Crippen LogP contribution in [-0.2, 0) is 0 Å². The van der Waals surface area contributed by atoms with Gasteiger partial charge in [-0.15, -0.1) is 0 Å². The van der Waals surface area contributed by atoms with Crippen LogP contribution < -0.4 is 5.32 Å². The van der Waals surface area contributed by atoms with Gasteiger partial charge in [0.15, 0.2) is 11.6 Å². The Morgan fingerprint density at radius 2 is 2.05 bits per heavy atom. The van der Waals surface area contributed by atoms with Crippen LogP contribution in [0.1, 0.15) is 30.1 Å². The lowest BCUT2D eigenvalue weighted by atomic mass is 10.0. The first-order chi connectivity index (χ1) is 9.11. The number of rotatable bonds is 3. The molecule has 1 amide bonds. The Morgan fingerprint density at radius 3 is 2.68 bits per heavy atom. The molecule has 0 spiro atoms. The highest BCUT2D eigenvalue weighted by Gasteiger charge is 2.22. The summed E-state index contributed by atoms with van der Waals surface area (Å²) < 4.78 is 26.5. The maximum Gasteiger partial charge on any atom is 0.254 e. The molecule has 1 N–H and O–H groups in total. The number of amides is 1. The summed E-state index contributed by atoms with van der Waals surface area (Å²) in [4.78, 5) is 14.2. The molecule has 1 fully saturated rings. The fourth-order valence-electron chi connectivity index (χ4n) is 2.34. The number of nitrogens with one attached hydrogen (secondary N) is 1. The van der Waals surface area contributed by atoms with Gasteiger partial charge in [0.2, 0.25) is 0 Å². The minimum atomic E-state index is -1.08. The Balaban J connectivity index is 1.96. The number of carbonyl (C=O) groups excluding carboxylic acids is 1. The third-order valence-corrected chi connectivity index (χ3v) is 3.57. The summed E-state index contributed by atoms with van der Waals surface area (Å²) in [7, 11) is 0. The van der Waals surface area contributed by atoms with Crippen LogP contribution >= 0.6 is 0 Å². The molecule has 0 aliphatic carbocycles. The molecular formula is C14H18F2N2O. The van der Waals surface area contributed by atoms with Crippen LogP contribution in [0.5, 0.6) is 0 Å². The summed E-state index contributed by atoms with van der Waals surface area (Å²) in [5.41, 5.74) is -0.224. The van der Waals surface area contributed by atoms with E-state index in [9.17, 15) is 13.6 Å². The number of piperidine rings is 1. The van der Waals surface area contributed by atoms with Gasteiger partial charge in [0.1, 0.15) is 0 Å². The first kappa shape index (κ1) is 13.9. The molecule has 1 heterocycles. The van der Waals surface area contributed by atoms with Crippen molar-refractivity contribution in [2.45, 2.75) is 25.8 Å². The minimum Gasteiger partial charge on any atom is -0.349 e. The zero-order valence-electron chi connectivity index (χ0n) is 11.0. The second-order valence-electron chi connectivity index (χ2n) is 4.78. The summed E-state index contributed by atoms with van der Waals surface area (Å²) in [5, 5.41) is 2.78. The Hall–Kier alpha value is -1.49. The normalized spacial score (nSPS) is 17.4. The summed E-state index contributed by atoms with van der Waals surface area (Å²) in [6.07, 6.45) is 1.69. The van der Waals surface area contributed by atoms with Crippen molar-refractivity contribution >= 4 is 5.91 Å². The van der Waals surface area contributed by atoms with Gasteiger partial charge in [-0.25, -0.2) is 8.78 Å². The molecule has 1 saturated heterocycles. The highest BCUT2D eigenvalue weighted by Crippen LogP contribution is 2.14. The van der Waals surface area contributed by atoms with Crippen LogP contribution in [0.25, 0.3) is 0 Å². The summed E-state index contributed by atoms with van der Waals surface area (Å²) in [6, 6.07) is 3.69. The lowest BCUT2D eigenvalue weighted by Gasteiger charge is -2.31. The Labute approximate surface area is 111 Å². The van der Waals surface area contributed by atoms with Gasteiger partial charge in [0.05, 0.1) is 5.56 Å². The van der Waals surface area contributed by atoms with Gasteiger partial charge in [-0.3, -0.25) is 4.79 Å². The van der Waals surface area contributed by atoms with Crippen molar-refractivity contribution in [3.05, 3.63) is 35.4 Å². The van der Waals surface area contributed by atoms with E-state index in [4.69, 9.17) is 0 Å². The van der Waals surface area contributed by atoms with E-state index in [0.29, 0.717) is 0 Å². The van der Waals surface area contributed by atoms with Gasteiger partial charge >= 0.3 is 0 Å². The van der Waals surface area contributed by atoms with Crippen LogP contribution in [0, 0.1) is 11.6 Å². The van der Waals surface area contributed by atoms with E-state index < -0.39 is 17.5 Å². The SMILES string of the molecule is CCN1CCC(NC(=O)c2cccc(F)c2F)CC1. The lowest BCUT2D eigenvalue weighted by Crippen LogP contribution is -2.44. The fraction of sp³-hybridized carbons (Fsp3) is 0.500. The Morgan fingerprint density at radius 1 is 1.37 bits per heavy atom. The topological polar surface area (TPSA) is 32.3 Å². The maximum atomic E-state index is 13.5. The Bertz CT molecular complexity index is 457. The van der Waals surface area contributed by atoms with Crippen LogP contribution in [-0.4, -0.2) is 36.5 Å². The van der Waals surface area contributed by atoms with E-state index in [2.05, 4.69) is 17.1 Å². The molecule has 1 aromatic carbocycles. The fourth-order valence-corrected chi connectivity index (χ4v) is 2.34. The van der Waals surface area contributed by atoms with Crippen molar-refractivity contribution in [3.8, 4) is 0 Å². The molecule has 0 saturated carbocycles. The summed E-state index contributed by atoms with van der Waals surface area (Å²) in [5.74, 6) is -2.61. The molecule has 3 nitrogen and oxygen atoms in total. The number of hydrogen-bond donors (Lipinski definition) is 1. The molecule has 0 atom stereocenters. The molecule has 2 rings (SSSR count). The van der Waals surface area contributed by atoms with Crippen molar-refractivity contribution in [2.75, 3.05) is 19.6 Å². The standard InChI is InChI=1S/C14H18F2N2O/c1-2-18-8-6-10(7-9-18)17-14(19)11-4-3-5-12(15)13(11)16/h3-5,10H,2,6-9H2,1H3,(H,17,19). The lowest BCUT2D eigenvalue weighted by molar-refractivity contribution is 0.0907. The van der Waals surface area contributed by atoms with E-state index in [-0.39, 0.29) is 11.6 Å². The molecule has 1 aliphatic heterocycles. The second-order valence-corrected chi connectivity index (χ2v) is 4.78. The smallest absolute Gasteiger partial charge is 0.254 e. The zero-order chi connectivity index (χ0) is 13.8. The van der Waals surface area contributed by atoms with E-state index in [0.717, 1.165) is 38.5 Å². The molecule has 0 radical (unpaired) electrons. The highest BCUT2D eigenvalue weighted by atomic mass is 19.2. The van der Waals surface area contributed by atoms with Crippen LogP contribution in [0.15, 0.2) is 18.2 Å². The first-order valence-corrected chi connectivity index (χ1v) is 6.59. The molecule has 104 valence electrons. The van der Waals surface area contributed by atoms with E-state index in [1.807, 2.05) is 0 Å². The second kappa shape index (κ2) is 6.10. The Kier molecular flexibility index (Phi) is 4.47. The maximum absolute atomic E-state index is 13.5. The largest absolute Gasteiger partial charge is 0.349 e. The molecule has 0 aromatic heterocycles. The average Bonchev–Trinajstić information content (AvgIpc) is 2.42. The molecule has 0 bridgehead atoms. The number of nitrogens with zero attached hydrogens (tertiary/aromatic N) is 1. The monoisotopic (exact) mass is 268 g/mol. The predicted molar refractivity (Wildman–Crippen MR) is 69.0 cm³/mol. The number of carbonyl (C=O) groups is 1. The van der Waals surface area contributed by atoms with Crippen molar-refractivity contribution in [3.63, 3.8) is 0 Å². The number of benzene rings is 1. The summed E-state index contributed by atoms with van der Waals surface area (Å²) >= 11 is 0. The van der Waals surface area contributed by atoms with Gasteiger partial charge in [0.25, 0.3) is 5.91 Å². The van der Waals surface area contributed by atoms with Crippen LogP contribution in [0.3, 0.4) is 0 Å². The van der Waals surface area contributed by atoms with Crippen molar-refractivity contribution in [1.29, 1.82) is 0 Å². The molecule has 0 unspecified atom stereocenters. The minimum absolute atomic E-state index is 0.0398. The van der Waals surface area contributed by atoms with Gasteiger partial charge in [-0.2, -0.15) is 0 Å². The molecule has 1 aliphatic rings. The predicted octanol–water partition coefficient (Wildman–Crippen LogP) is 2.18.